The van der Waals surface area contributed by atoms with Gasteiger partial charge in [-0.15, -0.1) is 0 Å². The molecular formula is C19H32N4O. The zero-order chi connectivity index (χ0) is 17.4. The van der Waals surface area contributed by atoms with Crippen LogP contribution in [0.5, 0.6) is 0 Å². The van der Waals surface area contributed by atoms with E-state index < -0.39 is 0 Å². The summed E-state index contributed by atoms with van der Waals surface area (Å²) in [6.07, 6.45) is 1.66. The van der Waals surface area contributed by atoms with Gasteiger partial charge in [-0.3, -0.25) is 4.79 Å². The molecule has 1 amide bonds. The molecule has 2 N–H and O–H groups in total. The Morgan fingerprint density at radius 1 is 1.08 bits per heavy atom. The number of piperazine rings is 1. The van der Waals surface area contributed by atoms with Crippen LogP contribution >= 0.6 is 0 Å². The molecule has 0 unspecified atom stereocenters. The third kappa shape index (κ3) is 6.49. The predicted molar refractivity (Wildman–Crippen MR) is 102 cm³/mol. The van der Waals surface area contributed by atoms with Gasteiger partial charge in [0.05, 0.1) is 0 Å². The van der Waals surface area contributed by atoms with Crippen LogP contribution in [0.25, 0.3) is 0 Å². The largest absolute Gasteiger partial charge is 0.369 e. The third-order valence-electron chi connectivity index (χ3n) is 4.45. The van der Waals surface area contributed by atoms with Gasteiger partial charge in [-0.05, 0) is 50.2 Å². The number of amides is 1. The topological polar surface area (TPSA) is 47.6 Å². The van der Waals surface area contributed by atoms with Crippen LogP contribution in [0.2, 0.25) is 0 Å². The van der Waals surface area contributed by atoms with E-state index in [4.69, 9.17) is 0 Å². The van der Waals surface area contributed by atoms with Crippen molar-refractivity contribution < 1.29 is 4.79 Å². The van der Waals surface area contributed by atoms with Gasteiger partial charge in [0.25, 0.3) is 0 Å². The van der Waals surface area contributed by atoms with Crippen LogP contribution in [-0.4, -0.2) is 57.1 Å². The van der Waals surface area contributed by atoms with E-state index >= 15 is 0 Å². The van der Waals surface area contributed by atoms with Crippen molar-refractivity contribution in [1.29, 1.82) is 0 Å². The molecule has 2 rings (SSSR count). The fraction of sp³-hybridized carbons (Fsp3) is 0.632. The Bertz CT molecular complexity index is 493. The molecule has 1 aromatic rings. The predicted octanol–water partition coefficient (Wildman–Crippen LogP) is 2.40. The molecule has 1 aliphatic heterocycles. The van der Waals surface area contributed by atoms with Gasteiger partial charge in [0, 0.05) is 50.5 Å². The van der Waals surface area contributed by atoms with Crippen LogP contribution in [0.3, 0.4) is 0 Å². The Balaban J connectivity index is 1.70. The summed E-state index contributed by atoms with van der Waals surface area (Å²) in [5.74, 6) is 0.768. The highest BCUT2D eigenvalue weighted by molar-refractivity contribution is 5.91. The first-order valence-electron chi connectivity index (χ1n) is 9.08. The minimum atomic E-state index is 0.0689. The standard InChI is InChI=1S/C19H32N4O/c1-16(2)8-10-20-11-9-19(24)21-17-4-6-18(7-5-17)23-14-12-22(3)13-15-23/h4-7,16,20H,8-15H2,1-3H3,(H,21,24). The van der Waals surface area contributed by atoms with E-state index in [0.717, 1.165) is 51.4 Å². The number of hydrogen-bond donors (Lipinski definition) is 2. The van der Waals surface area contributed by atoms with Crippen molar-refractivity contribution in [2.75, 3.05) is 56.5 Å². The summed E-state index contributed by atoms with van der Waals surface area (Å²) in [5, 5.41) is 6.29. The molecule has 0 atom stereocenters. The monoisotopic (exact) mass is 332 g/mol. The SMILES string of the molecule is CC(C)CCNCCC(=O)Nc1ccc(N2CCN(C)CC2)cc1. The Labute approximate surface area is 146 Å². The highest BCUT2D eigenvalue weighted by atomic mass is 16.1. The van der Waals surface area contributed by atoms with Gasteiger partial charge < -0.3 is 20.4 Å². The second-order valence-electron chi connectivity index (χ2n) is 7.07. The normalized spacial score (nSPS) is 15.8. The molecule has 0 radical (unpaired) electrons. The van der Waals surface area contributed by atoms with Gasteiger partial charge in [0.2, 0.25) is 5.91 Å². The van der Waals surface area contributed by atoms with E-state index in [2.05, 4.69) is 53.5 Å². The molecule has 1 heterocycles. The van der Waals surface area contributed by atoms with Gasteiger partial charge in [0.15, 0.2) is 0 Å². The van der Waals surface area contributed by atoms with Crippen molar-refractivity contribution in [2.45, 2.75) is 26.7 Å². The molecule has 0 aromatic heterocycles. The summed E-state index contributed by atoms with van der Waals surface area (Å²) in [6.45, 7) is 10.4. The van der Waals surface area contributed by atoms with Gasteiger partial charge in [0.1, 0.15) is 0 Å². The average Bonchev–Trinajstić information content (AvgIpc) is 2.56. The molecule has 0 saturated carbocycles. The maximum absolute atomic E-state index is 12.0. The second-order valence-corrected chi connectivity index (χ2v) is 7.07. The summed E-state index contributed by atoms with van der Waals surface area (Å²) in [7, 11) is 2.16. The van der Waals surface area contributed by atoms with Crippen LogP contribution in [-0.2, 0) is 4.79 Å². The first-order chi connectivity index (χ1) is 11.5. The number of anilines is 2. The summed E-state index contributed by atoms with van der Waals surface area (Å²) in [6, 6.07) is 8.19. The van der Waals surface area contributed by atoms with Crippen molar-refractivity contribution in [3.05, 3.63) is 24.3 Å². The summed E-state index contributed by atoms with van der Waals surface area (Å²) in [4.78, 5) is 16.7. The number of nitrogens with zero attached hydrogens (tertiary/aromatic N) is 2. The fourth-order valence-corrected chi connectivity index (χ4v) is 2.76. The zero-order valence-electron chi connectivity index (χ0n) is 15.3. The minimum Gasteiger partial charge on any atom is -0.369 e. The summed E-state index contributed by atoms with van der Waals surface area (Å²) in [5.41, 5.74) is 2.11. The van der Waals surface area contributed by atoms with Crippen LogP contribution < -0.4 is 15.5 Å². The molecule has 24 heavy (non-hydrogen) atoms. The molecule has 1 fully saturated rings. The maximum atomic E-state index is 12.0. The molecule has 1 aliphatic rings. The van der Waals surface area contributed by atoms with E-state index in [-0.39, 0.29) is 5.91 Å². The Morgan fingerprint density at radius 2 is 1.75 bits per heavy atom. The fourth-order valence-electron chi connectivity index (χ4n) is 2.76. The zero-order valence-corrected chi connectivity index (χ0v) is 15.3. The molecule has 0 bridgehead atoms. The number of nitrogens with one attached hydrogen (secondary N) is 2. The van der Waals surface area contributed by atoms with E-state index in [1.807, 2.05) is 12.1 Å². The highest BCUT2D eigenvalue weighted by Gasteiger charge is 2.14. The van der Waals surface area contributed by atoms with E-state index in [9.17, 15) is 4.79 Å². The van der Waals surface area contributed by atoms with Gasteiger partial charge in [-0.2, -0.15) is 0 Å². The van der Waals surface area contributed by atoms with E-state index in [1.54, 1.807) is 0 Å². The average molecular weight is 332 g/mol. The molecule has 5 nitrogen and oxygen atoms in total. The number of benzene rings is 1. The Kier molecular flexibility index (Phi) is 7.53. The lowest BCUT2D eigenvalue weighted by molar-refractivity contribution is -0.116. The first-order valence-corrected chi connectivity index (χ1v) is 9.08. The van der Waals surface area contributed by atoms with Crippen LogP contribution in [0, 0.1) is 5.92 Å². The molecule has 0 spiro atoms. The van der Waals surface area contributed by atoms with Crippen molar-refractivity contribution >= 4 is 17.3 Å². The molecule has 134 valence electrons. The van der Waals surface area contributed by atoms with Gasteiger partial charge >= 0.3 is 0 Å². The lowest BCUT2D eigenvalue weighted by atomic mass is 10.1. The van der Waals surface area contributed by atoms with E-state index in [0.29, 0.717) is 12.3 Å². The van der Waals surface area contributed by atoms with E-state index in [1.165, 1.54) is 5.69 Å². The molecule has 0 aliphatic carbocycles. The molecular weight excluding hydrogens is 300 g/mol. The first kappa shape index (κ1) is 18.7. The summed E-state index contributed by atoms with van der Waals surface area (Å²) < 4.78 is 0. The van der Waals surface area contributed by atoms with Crippen LogP contribution in [0.15, 0.2) is 24.3 Å². The van der Waals surface area contributed by atoms with Crippen LogP contribution in [0.4, 0.5) is 11.4 Å². The van der Waals surface area contributed by atoms with Crippen molar-refractivity contribution in [3.8, 4) is 0 Å². The second kappa shape index (κ2) is 9.64. The molecule has 1 saturated heterocycles. The van der Waals surface area contributed by atoms with Crippen molar-refractivity contribution in [1.82, 2.24) is 10.2 Å². The van der Waals surface area contributed by atoms with Gasteiger partial charge in [-0.25, -0.2) is 0 Å². The number of likely N-dealkylation sites (N-methyl/N-ethyl adjacent to an activating group) is 1. The smallest absolute Gasteiger partial charge is 0.225 e. The number of carbonyl (C=O) groups is 1. The number of rotatable bonds is 8. The van der Waals surface area contributed by atoms with Gasteiger partial charge in [-0.1, -0.05) is 13.8 Å². The van der Waals surface area contributed by atoms with Crippen molar-refractivity contribution in [3.63, 3.8) is 0 Å². The summed E-state index contributed by atoms with van der Waals surface area (Å²) >= 11 is 0. The Hall–Kier alpha value is -1.59. The maximum Gasteiger partial charge on any atom is 0.225 e. The lowest BCUT2D eigenvalue weighted by Gasteiger charge is -2.34. The number of carbonyl (C=O) groups excluding carboxylic acids is 1. The van der Waals surface area contributed by atoms with Crippen molar-refractivity contribution in [2.24, 2.45) is 5.92 Å². The molecule has 5 heteroatoms. The van der Waals surface area contributed by atoms with Crippen LogP contribution in [0.1, 0.15) is 26.7 Å². The number of hydrogen-bond acceptors (Lipinski definition) is 4. The third-order valence-corrected chi connectivity index (χ3v) is 4.45. The Morgan fingerprint density at radius 3 is 2.38 bits per heavy atom. The lowest BCUT2D eigenvalue weighted by Crippen LogP contribution is -2.44. The minimum absolute atomic E-state index is 0.0689. The molecule has 1 aromatic carbocycles. The highest BCUT2D eigenvalue weighted by Crippen LogP contribution is 2.19. The quantitative estimate of drug-likeness (QED) is 0.718.